The van der Waals surface area contributed by atoms with Crippen LogP contribution in [0, 0.1) is 0 Å². The first-order chi connectivity index (χ1) is 6.77. The predicted octanol–water partition coefficient (Wildman–Crippen LogP) is 1.91. The van der Waals surface area contributed by atoms with Crippen molar-refractivity contribution in [2.24, 2.45) is 5.73 Å². The maximum atomic E-state index is 5.64. The number of nitrogens with zero attached hydrogens (tertiary/aromatic N) is 1. The molecule has 0 spiro atoms. The summed E-state index contributed by atoms with van der Waals surface area (Å²) in [6.45, 7) is 5.62. The number of para-hydroxylation sites is 1. The van der Waals surface area contributed by atoms with E-state index in [1.54, 1.807) is 0 Å². The molecule has 14 heavy (non-hydrogen) atoms. The molecule has 0 aliphatic carbocycles. The van der Waals surface area contributed by atoms with Crippen molar-refractivity contribution < 1.29 is 0 Å². The molecular weight excluding hydrogens is 172 g/mol. The molecule has 0 saturated heterocycles. The molecule has 0 amide bonds. The molecule has 2 heteroatoms. The van der Waals surface area contributed by atoms with Gasteiger partial charge in [0.2, 0.25) is 0 Å². The number of hydrogen-bond donors (Lipinski definition) is 1. The molecule has 2 N–H and O–H groups in total. The van der Waals surface area contributed by atoms with Gasteiger partial charge in [-0.3, -0.25) is 0 Å². The van der Waals surface area contributed by atoms with Gasteiger partial charge in [-0.1, -0.05) is 24.8 Å². The average molecular weight is 188 g/mol. The fourth-order valence-electron chi connectivity index (χ4n) is 2.02. The standard InChI is InChI=1S/C12H16N2/c1-10(13)9-14-8-4-6-11-5-2-3-7-12(11)14/h2-3,5,7H,1,4,6,8-9,13H2. The number of nitrogens with two attached hydrogens (primary N) is 1. The van der Waals surface area contributed by atoms with Crippen LogP contribution >= 0.6 is 0 Å². The second-order valence-electron chi connectivity index (χ2n) is 3.81. The molecule has 0 bridgehead atoms. The Morgan fingerprint density at radius 1 is 1.43 bits per heavy atom. The first-order valence-corrected chi connectivity index (χ1v) is 5.03. The van der Waals surface area contributed by atoms with Gasteiger partial charge in [0.15, 0.2) is 0 Å². The van der Waals surface area contributed by atoms with E-state index < -0.39 is 0 Å². The van der Waals surface area contributed by atoms with Crippen molar-refractivity contribution in [2.75, 3.05) is 18.0 Å². The molecule has 74 valence electrons. The van der Waals surface area contributed by atoms with E-state index in [0.717, 1.165) is 18.8 Å². The number of rotatable bonds is 2. The van der Waals surface area contributed by atoms with Crippen LogP contribution in [0.4, 0.5) is 5.69 Å². The highest BCUT2D eigenvalue weighted by Gasteiger charge is 2.15. The lowest BCUT2D eigenvalue weighted by Gasteiger charge is -2.31. The summed E-state index contributed by atoms with van der Waals surface area (Å²) in [5.74, 6) is 0. The summed E-state index contributed by atoms with van der Waals surface area (Å²) in [6.07, 6.45) is 2.40. The van der Waals surface area contributed by atoms with Gasteiger partial charge in [0.1, 0.15) is 0 Å². The lowest BCUT2D eigenvalue weighted by molar-refractivity contribution is 0.712. The summed E-state index contributed by atoms with van der Waals surface area (Å²) >= 11 is 0. The fourth-order valence-corrected chi connectivity index (χ4v) is 2.02. The molecule has 0 radical (unpaired) electrons. The van der Waals surface area contributed by atoms with Crippen molar-refractivity contribution in [1.29, 1.82) is 0 Å². The van der Waals surface area contributed by atoms with E-state index in [0.29, 0.717) is 0 Å². The van der Waals surface area contributed by atoms with Gasteiger partial charge in [0.05, 0.1) is 6.54 Å². The van der Waals surface area contributed by atoms with Gasteiger partial charge in [-0.25, -0.2) is 0 Å². The van der Waals surface area contributed by atoms with Crippen molar-refractivity contribution in [3.05, 3.63) is 42.1 Å². The molecule has 0 aromatic heterocycles. The van der Waals surface area contributed by atoms with Crippen LogP contribution in [0.1, 0.15) is 12.0 Å². The largest absolute Gasteiger partial charge is 0.401 e. The molecule has 1 aliphatic heterocycles. The Labute approximate surface area is 85.0 Å². The average Bonchev–Trinajstić information content (AvgIpc) is 2.18. The van der Waals surface area contributed by atoms with Crippen LogP contribution in [0.25, 0.3) is 0 Å². The Hall–Kier alpha value is -1.44. The highest BCUT2D eigenvalue weighted by atomic mass is 15.1. The molecule has 0 fully saturated rings. The van der Waals surface area contributed by atoms with E-state index in [9.17, 15) is 0 Å². The van der Waals surface area contributed by atoms with E-state index in [1.807, 2.05) is 0 Å². The van der Waals surface area contributed by atoms with Gasteiger partial charge in [-0.05, 0) is 24.5 Å². The van der Waals surface area contributed by atoms with E-state index in [2.05, 4.69) is 35.7 Å². The lowest BCUT2D eigenvalue weighted by Crippen LogP contribution is -2.32. The van der Waals surface area contributed by atoms with E-state index in [1.165, 1.54) is 24.1 Å². The van der Waals surface area contributed by atoms with E-state index in [4.69, 9.17) is 5.73 Å². The molecule has 1 aliphatic rings. The van der Waals surface area contributed by atoms with Crippen molar-refractivity contribution in [2.45, 2.75) is 12.8 Å². The zero-order chi connectivity index (χ0) is 9.97. The van der Waals surface area contributed by atoms with Crippen molar-refractivity contribution in [1.82, 2.24) is 0 Å². The second kappa shape index (κ2) is 3.74. The summed E-state index contributed by atoms with van der Waals surface area (Å²) < 4.78 is 0. The van der Waals surface area contributed by atoms with Gasteiger partial charge >= 0.3 is 0 Å². The zero-order valence-corrected chi connectivity index (χ0v) is 8.37. The Bertz CT molecular complexity index is 344. The molecule has 0 saturated carbocycles. The second-order valence-corrected chi connectivity index (χ2v) is 3.81. The van der Waals surface area contributed by atoms with Gasteiger partial charge in [0, 0.05) is 17.9 Å². The number of fused-ring (bicyclic) bond motifs is 1. The van der Waals surface area contributed by atoms with Crippen molar-refractivity contribution in [3.63, 3.8) is 0 Å². The van der Waals surface area contributed by atoms with Crippen molar-refractivity contribution >= 4 is 5.69 Å². The normalized spacial score (nSPS) is 15.0. The van der Waals surface area contributed by atoms with E-state index >= 15 is 0 Å². The topological polar surface area (TPSA) is 29.3 Å². The number of aryl methyl sites for hydroxylation is 1. The maximum absolute atomic E-state index is 5.64. The van der Waals surface area contributed by atoms with E-state index in [-0.39, 0.29) is 0 Å². The highest BCUT2D eigenvalue weighted by Crippen LogP contribution is 2.26. The minimum Gasteiger partial charge on any atom is -0.401 e. The number of benzene rings is 1. The SMILES string of the molecule is C=C(N)CN1CCCc2ccccc21. The third kappa shape index (κ3) is 1.74. The van der Waals surface area contributed by atoms with Crippen LogP contribution in [0.3, 0.4) is 0 Å². The summed E-state index contributed by atoms with van der Waals surface area (Å²) in [7, 11) is 0. The van der Waals surface area contributed by atoms with Crippen LogP contribution in [-0.2, 0) is 6.42 Å². The summed E-state index contributed by atoms with van der Waals surface area (Å²) in [4.78, 5) is 2.31. The quantitative estimate of drug-likeness (QED) is 0.768. The molecule has 0 unspecified atom stereocenters. The lowest BCUT2D eigenvalue weighted by atomic mass is 10.0. The molecule has 1 aromatic rings. The Kier molecular flexibility index (Phi) is 2.44. The Morgan fingerprint density at radius 2 is 2.21 bits per heavy atom. The Morgan fingerprint density at radius 3 is 3.00 bits per heavy atom. The molecule has 2 nitrogen and oxygen atoms in total. The number of hydrogen-bond acceptors (Lipinski definition) is 2. The summed E-state index contributed by atoms with van der Waals surface area (Å²) in [5.41, 5.74) is 9.14. The predicted molar refractivity (Wildman–Crippen MR) is 60.3 cm³/mol. The van der Waals surface area contributed by atoms with Crippen LogP contribution in [0.5, 0.6) is 0 Å². The summed E-state index contributed by atoms with van der Waals surface area (Å²) in [6, 6.07) is 8.54. The summed E-state index contributed by atoms with van der Waals surface area (Å²) in [5, 5.41) is 0. The fraction of sp³-hybridized carbons (Fsp3) is 0.333. The molecule has 1 aromatic carbocycles. The first kappa shape index (κ1) is 9.13. The van der Waals surface area contributed by atoms with Gasteiger partial charge in [-0.15, -0.1) is 0 Å². The van der Waals surface area contributed by atoms with Crippen LogP contribution in [0.15, 0.2) is 36.5 Å². The maximum Gasteiger partial charge on any atom is 0.0568 e. The molecule has 2 rings (SSSR count). The van der Waals surface area contributed by atoms with Gasteiger partial charge in [0.25, 0.3) is 0 Å². The molecule has 0 atom stereocenters. The molecule has 1 heterocycles. The van der Waals surface area contributed by atoms with Crippen LogP contribution in [0.2, 0.25) is 0 Å². The van der Waals surface area contributed by atoms with Crippen LogP contribution in [-0.4, -0.2) is 13.1 Å². The minimum atomic E-state index is 0.738. The Balaban J connectivity index is 2.26. The van der Waals surface area contributed by atoms with Gasteiger partial charge in [-0.2, -0.15) is 0 Å². The number of anilines is 1. The minimum absolute atomic E-state index is 0.738. The molecular formula is C12H16N2. The zero-order valence-electron chi connectivity index (χ0n) is 8.37. The first-order valence-electron chi connectivity index (χ1n) is 5.03. The van der Waals surface area contributed by atoms with Crippen molar-refractivity contribution in [3.8, 4) is 0 Å². The third-order valence-electron chi connectivity index (χ3n) is 2.60. The third-order valence-corrected chi connectivity index (χ3v) is 2.60. The highest BCUT2D eigenvalue weighted by molar-refractivity contribution is 5.56. The monoisotopic (exact) mass is 188 g/mol. The smallest absolute Gasteiger partial charge is 0.0568 e. The van der Waals surface area contributed by atoms with Crippen LogP contribution < -0.4 is 10.6 Å². The van der Waals surface area contributed by atoms with Gasteiger partial charge < -0.3 is 10.6 Å².